The van der Waals surface area contributed by atoms with Crippen molar-refractivity contribution in [3.05, 3.63) is 28.8 Å². The molecular weight excluding hydrogens is 252 g/mol. The summed E-state index contributed by atoms with van der Waals surface area (Å²) in [6, 6.07) is 4.58. The van der Waals surface area contributed by atoms with E-state index in [1.165, 1.54) is 12.1 Å². The van der Waals surface area contributed by atoms with Crippen molar-refractivity contribution in [2.45, 2.75) is 6.42 Å². The predicted octanol–water partition coefficient (Wildman–Crippen LogP) is 1.73. The lowest BCUT2D eigenvalue weighted by Gasteiger charge is -2.16. The first-order valence-electron chi connectivity index (χ1n) is 6.04. The van der Waals surface area contributed by atoms with Gasteiger partial charge in [-0.15, -0.1) is 0 Å². The number of hydrogen-bond acceptors (Lipinski definition) is 3. The Hall–Kier alpha value is -1.26. The second kappa shape index (κ2) is 5.59. The SMILES string of the molecule is CNCC1CCN(C(=O)c2ccc(O)c(Cl)c2)C1. The van der Waals surface area contributed by atoms with E-state index in [0.717, 1.165) is 26.1 Å². The van der Waals surface area contributed by atoms with Gasteiger partial charge in [0.2, 0.25) is 0 Å². The number of rotatable bonds is 3. The number of halogens is 1. The lowest BCUT2D eigenvalue weighted by molar-refractivity contribution is 0.0787. The Morgan fingerprint density at radius 3 is 3.06 bits per heavy atom. The molecule has 1 aromatic rings. The van der Waals surface area contributed by atoms with Gasteiger partial charge in [0, 0.05) is 18.7 Å². The minimum atomic E-state index is -0.0181. The average molecular weight is 269 g/mol. The monoisotopic (exact) mass is 268 g/mol. The first-order chi connectivity index (χ1) is 8.61. The molecule has 1 unspecified atom stereocenters. The molecule has 18 heavy (non-hydrogen) atoms. The molecule has 1 aromatic carbocycles. The topological polar surface area (TPSA) is 52.6 Å². The molecule has 1 saturated heterocycles. The van der Waals surface area contributed by atoms with Crippen molar-refractivity contribution in [2.24, 2.45) is 5.92 Å². The van der Waals surface area contributed by atoms with E-state index in [2.05, 4.69) is 5.32 Å². The van der Waals surface area contributed by atoms with Gasteiger partial charge in [0.1, 0.15) is 5.75 Å². The highest BCUT2D eigenvalue weighted by Gasteiger charge is 2.26. The van der Waals surface area contributed by atoms with E-state index in [9.17, 15) is 9.90 Å². The molecule has 0 bridgehead atoms. The fourth-order valence-corrected chi connectivity index (χ4v) is 2.48. The van der Waals surface area contributed by atoms with E-state index in [1.54, 1.807) is 6.07 Å². The molecule has 98 valence electrons. The lowest BCUT2D eigenvalue weighted by atomic mass is 10.1. The van der Waals surface area contributed by atoms with Crippen LogP contribution in [0.2, 0.25) is 5.02 Å². The Balaban J connectivity index is 2.05. The first kappa shape index (κ1) is 13.2. The highest BCUT2D eigenvalue weighted by atomic mass is 35.5. The van der Waals surface area contributed by atoms with Crippen molar-refractivity contribution in [3.63, 3.8) is 0 Å². The molecular formula is C13H17ClN2O2. The van der Waals surface area contributed by atoms with Gasteiger partial charge in [-0.1, -0.05) is 11.6 Å². The van der Waals surface area contributed by atoms with Crippen LogP contribution in [0, 0.1) is 5.92 Å². The number of carbonyl (C=O) groups is 1. The zero-order valence-corrected chi connectivity index (χ0v) is 11.1. The van der Waals surface area contributed by atoms with Gasteiger partial charge < -0.3 is 15.3 Å². The Bertz CT molecular complexity index is 451. The van der Waals surface area contributed by atoms with Gasteiger partial charge in [-0.25, -0.2) is 0 Å². The fourth-order valence-electron chi connectivity index (χ4n) is 2.29. The molecule has 0 aromatic heterocycles. The molecule has 1 amide bonds. The van der Waals surface area contributed by atoms with Crippen LogP contribution in [0.1, 0.15) is 16.8 Å². The number of benzene rings is 1. The van der Waals surface area contributed by atoms with Crippen LogP contribution in [0.25, 0.3) is 0 Å². The zero-order valence-electron chi connectivity index (χ0n) is 10.3. The van der Waals surface area contributed by atoms with E-state index in [4.69, 9.17) is 11.6 Å². The maximum Gasteiger partial charge on any atom is 0.253 e. The minimum Gasteiger partial charge on any atom is -0.506 e. The van der Waals surface area contributed by atoms with E-state index >= 15 is 0 Å². The molecule has 1 aliphatic heterocycles. The summed E-state index contributed by atoms with van der Waals surface area (Å²) in [7, 11) is 1.92. The number of amides is 1. The molecule has 2 N–H and O–H groups in total. The van der Waals surface area contributed by atoms with Crippen LogP contribution >= 0.6 is 11.6 Å². The van der Waals surface area contributed by atoms with Crippen LogP contribution in [0.15, 0.2) is 18.2 Å². The Morgan fingerprint density at radius 2 is 2.39 bits per heavy atom. The second-order valence-corrected chi connectivity index (χ2v) is 5.04. The van der Waals surface area contributed by atoms with Crippen molar-refractivity contribution < 1.29 is 9.90 Å². The average Bonchev–Trinajstić information content (AvgIpc) is 2.81. The molecule has 0 radical (unpaired) electrons. The molecule has 2 rings (SSSR count). The van der Waals surface area contributed by atoms with E-state index in [-0.39, 0.29) is 16.7 Å². The van der Waals surface area contributed by atoms with Crippen molar-refractivity contribution in [1.82, 2.24) is 10.2 Å². The largest absolute Gasteiger partial charge is 0.506 e. The number of phenolic OH excluding ortho intramolecular Hbond substituents is 1. The Morgan fingerprint density at radius 1 is 1.61 bits per heavy atom. The van der Waals surface area contributed by atoms with Crippen molar-refractivity contribution in [2.75, 3.05) is 26.7 Å². The molecule has 1 fully saturated rings. The van der Waals surface area contributed by atoms with Gasteiger partial charge in [0.15, 0.2) is 0 Å². The third-order valence-electron chi connectivity index (χ3n) is 3.26. The molecule has 1 aliphatic rings. The number of hydrogen-bond donors (Lipinski definition) is 2. The number of phenols is 1. The van der Waals surface area contributed by atoms with Crippen LogP contribution in [-0.4, -0.2) is 42.6 Å². The minimum absolute atomic E-state index is 0.00250. The standard InChI is InChI=1S/C13H17ClN2O2/c1-15-7-9-4-5-16(8-9)13(18)10-2-3-12(17)11(14)6-10/h2-3,6,9,15,17H,4-5,7-8H2,1H3. The number of carbonyl (C=O) groups excluding carboxylic acids is 1. The molecule has 0 aliphatic carbocycles. The Labute approximate surface area is 112 Å². The van der Waals surface area contributed by atoms with Crippen molar-refractivity contribution in [3.8, 4) is 5.75 Å². The number of nitrogens with one attached hydrogen (secondary N) is 1. The lowest BCUT2D eigenvalue weighted by Crippen LogP contribution is -2.30. The molecule has 1 heterocycles. The van der Waals surface area contributed by atoms with Crippen LogP contribution in [0.3, 0.4) is 0 Å². The first-order valence-corrected chi connectivity index (χ1v) is 6.42. The van der Waals surface area contributed by atoms with Gasteiger partial charge in [0.25, 0.3) is 5.91 Å². The maximum absolute atomic E-state index is 12.2. The smallest absolute Gasteiger partial charge is 0.253 e. The third kappa shape index (κ3) is 2.76. The molecule has 5 heteroatoms. The summed E-state index contributed by atoms with van der Waals surface area (Å²) in [5, 5.41) is 12.7. The number of likely N-dealkylation sites (tertiary alicyclic amines) is 1. The van der Waals surface area contributed by atoms with Crippen LogP contribution in [0.5, 0.6) is 5.75 Å². The summed E-state index contributed by atoms with van der Waals surface area (Å²) >= 11 is 5.81. The van der Waals surface area contributed by atoms with Crippen LogP contribution in [0.4, 0.5) is 0 Å². The van der Waals surface area contributed by atoms with Crippen molar-refractivity contribution >= 4 is 17.5 Å². The fraction of sp³-hybridized carbons (Fsp3) is 0.462. The van der Waals surface area contributed by atoms with E-state index in [0.29, 0.717) is 11.5 Å². The molecule has 1 atom stereocenters. The van der Waals surface area contributed by atoms with Gasteiger partial charge >= 0.3 is 0 Å². The summed E-state index contributed by atoms with van der Waals surface area (Å²) in [4.78, 5) is 14.1. The van der Waals surface area contributed by atoms with Crippen LogP contribution in [-0.2, 0) is 0 Å². The van der Waals surface area contributed by atoms with E-state index < -0.39 is 0 Å². The summed E-state index contributed by atoms with van der Waals surface area (Å²) in [6.45, 7) is 2.49. The second-order valence-electron chi connectivity index (χ2n) is 4.63. The highest BCUT2D eigenvalue weighted by Crippen LogP contribution is 2.25. The molecule has 0 spiro atoms. The summed E-state index contributed by atoms with van der Waals surface area (Å²) < 4.78 is 0. The predicted molar refractivity (Wildman–Crippen MR) is 71.1 cm³/mol. The summed E-state index contributed by atoms with van der Waals surface area (Å²) in [5.74, 6) is 0.504. The normalized spacial score (nSPS) is 19.2. The van der Waals surface area contributed by atoms with Crippen LogP contribution < -0.4 is 5.32 Å². The van der Waals surface area contributed by atoms with Gasteiger partial charge in [-0.2, -0.15) is 0 Å². The maximum atomic E-state index is 12.2. The third-order valence-corrected chi connectivity index (χ3v) is 3.56. The highest BCUT2D eigenvalue weighted by molar-refractivity contribution is 6.32. The number of nitrogens with zero attached hydrogens (tertiary/aromatic N) is 1. The summed E-state index contributed by atoms with van der Waals surface area (Å²) in [5.41, 5.74) is 0.530. The van der Waals surface area contributed by atoms with E-state index in [1.807, 2.05) is 11.9 Å². The van der Waals surface area contributed by atoms with Gasteiger partial charge in [-0.05, 0) is 44.1 Å². The quantitative estimate of drug-likeness (QED) is 0.878. The molecule has 4 nitrogen and oxygen atoms in total. The van der Waals surface area contributed by atoms with Gasteiger partial charge in [-0.3, -0.25) is 4.79 Å². The Kier molecular flexibility index (Phi) is 4.09. The van der Waals surface area contributed by atoms with Gasteiger partial charge in [0.05, 0.1) is 5.02 Å². The molecule has 0 saturated carbocycles. The van der Waals surface area contributed by atoms with Crippen molar-refractivity contribution in [1.29, 1.82) is 0 Å². The zero-order chi connectivity index (χ0) is 13.1. The summed E-state index contributed by atoms with van der Waals surface area (Å²) in [6.07, 6.45) is 1.03. The number of aromatic hydroxyl groups is 1.